The number of piperidine rings is 1. The maximum Gasteiger partial charge on any atom is 0.0317 e. The van der Waals surface area contributed by atoms with Crippen molar-refractivity contribution in [2.75, 3.05) is 26.7 Å². The van der Waals surface area contributed by atoms with Crippen LogP contribution in [0.25, 0.3) is 0 Å². The fourth-order valence-electron chi connectivity index (χ4n) is 2.76. The van der Waals surface area contributed by atoms with Gasteiger partial charge >= 0.3 is 0 Å². The second-order valence-electron chi connectivity index (χ2n) is 5.53. The first-order valence-corrected chi connectivity index (χ1v) is 7.26. The zero-order valence-corrected chi connectivity index (χ0v) is 11.7. The molecule has 0 aromatic heterocycles. The molecule has 2 rings (SSSR count). The van der Waals surface area contributed by atoms with Crippen molar-refractivity contribution in [3.8, 4) is 0 Å². The first kappa shape index (κ1) is 13.6. The molecule has 0 aliphatic carbocycles. The average Bonchev–Trinajstić information content (AvgIpc) is 2.43. The molecule has 1 atom stereocenters. The van der Waals surface area contributed by atoms with Gasteiger partial charge < -0.3 is 10.2 Å². The normalized spacial score (nSPS) is 19.9. The summed E-state index contributed by atoms with van der Waals surface area (Å²) in [4.78, 5) is 2.44. The van der Waals surface area contributed by atoms with Crippen LogP contribution in [-0.4, -0.2) is 31.6 Å². The van der Waals surface area contributed by atoms with E-state index in [1.807, 2.05) is 0 Å². The van der Waals surface area contributed by atoms with Crippen molar-refractivity contribution in [1.82, 2.24) is 10.2 Å². The summed E-state index contributed by atoms with van der Waals surface area (Å²) in [7, 11) is 2.22. The summed E-state index contributed by atoms with van der Waals surface area (Å²) >= 11 is 0. The molecule has 1 unspecified atom stereocenters. The quantitative estimate of drug-likeness (QED) is 0.859. The first-order valence-electron chi connectivity index (χ1n) is 7.26. The lowest BCUT2D eigenvalue weighted by Gasteiger charge is -2.30. The Bertz CT molecular complexity index is 328. The highest BCUT2D eigenvalue weighted by molar-refractivity contribution is 5.18. The van der Waals surface area contributed by atoms with E-state index >= 15 is 0 Å². The number of rotatable bonds is 5. The Labute approximate surface area is 111 Å². The second kappa shape index (κ2) is 6.91. The summed E-state index contributed by atoms with van der Waals surface area (Å²) in [5, 5.41) is 3.75. The molecule has 0 amide bonds. The Hall–Kier alpha value is -0.860. The van der Waals surface area contributed by atoms with Gasteiger partial charge in [-0.2, -0.15) is 0 Å². The van der Waals surface area contributed by atoms with Crippen molar-refractivity contribution in [2.45, 2.75) is 32.2 Å². The van der Waals surface area contributed by atoms with Gasteiger partial charge in [0.05, 0.1) is 0 Å². The molecule has 1 heterocycles. The molecule has 1 aliphatic heterocycles. The Morgan fingerprint density at radius 1 is 1.22 bits per heavy atom. The van der Waals surface area contributed by atoms with E-state index in [4.69, 9.17) is 0 Å². The molecule has 2 nitrogen and oxygen atoms in total. The van der Waals surface area contributed by atoms with Crippen LogP contribution in [0.4, 0.5) is 0 Å². The molecule has 0 spiro atoms. The van der Waals surface area contributed by atoms with E-state index in [0.717, 1.165) is 12.3 Å². The summed E-state index contributed by atoms with van der Waals surface area (Å²) in [6, 6.07) is 11.3. The predicted molar refractivity (Wildman–Crippen MR) is 77.7 cm³/mol. The lowest BCUT2D eigenvalue weighted by molar-refractivity contribution is 0.212. The van der Waals surface area contributed by atoms with Crippen LogP contribution >= 0.6 is 0 Å². The molecule has 1 N–H and O–H groups in total. The monoisotopic (exact) mass is 246 g/mol. The van der Waals surface area contributed by atoms with Gasteiger partial charge in [-0.05, 0) is 57.4 Å². The van der Waals surface area contributed by atoms with E-state index in [9.17, 15) is 0 Å². The molecule has 1 saturated heterocycles. The second-order valence-corrected chi connectivity index (χ2v) is 5.53. The number of hydrogen-bond acceptors (Lipinski definition) is 2. The maximum atomic E-state index is 3.75. The summed E-state index contributed by atoms with van der Waals surface area (Å²) in [5.41, 5.74) is 1.42. The number of nitrogens with one attached hydrogen (secondary N) is 1. The Morgan fingerprint density at radius 3 is 2.50 bits per heavy atom. The minimum Gasteiger partial charge on any atom is -0.310 e. The van der Waals surface area contributed by atoms with Crippen molar-refractivity contribution >= 4 is 0 Å². The van der Waals surface area contributed by atoms with Crippen LogP contribution in [0.3, 0.4) is 0 Å². The number of benzene rings is 1. The molecule has 2 heteroatoms. The molecule has 0 saturated carbocycles. The highest BCUT2D eigenvalue weighted by Crippen LogP contribution is 2.19. The van der Waals surface area contributed by atoms with Crippen molar-refractivity contribution in [3.05, 3.63) is 35.9 Å². The molecule has 0 bridgehead atoms. The van der Waals surface area contributed by atoms with Gasteiger partial charge in [-0.3, -0.25) is 0 Å². The van der Waals surface area contributed by atoms with Gasteiger partial charge in [0.2, 0.25) is 0 Å². The van der Waals surface area contributed by atoms with Crippen molar-refractivity contribution in [1.29, 1.82) is 0 Å². The molecule has 18 heavy (non-hydrogen) atoms. The van der Waals surface area contributed by atoms with Crippen molar-refractivity contribution in [2.24, 2.45) is 5.92 Å². The predicted octanol–water partition coefficient (Wildman–Crippen LogP) is 3.07. The largest absolute Gasteiger partial charge is 0.310 e. The van der Waals surface area contributed by atoms with Gasteiger partial charge in [0.15, 0.2) is 0 Å². The van der Waals surface area contributed by atoms with Gasteiger partial charge in [-0.15, -0.1) is 0 Å². The van der Waals surface area contributed by atoms with Gasteiger partial charge in [0, 0.05) is 6.04 Å². The smallest absolute Gasteiger partial charge is 0.0317 e. The minimum absolute atomic E-state index is 0.519. The van der Waals surface area contributed by atoms with E-state index in [0.29, 0.717) is 6.04 Å². The SMILES string of the molecule is CCC(NCC1CCN(C)CC1)c1ccccc1. The molecular weight excluding hydrogens is 220 g/mol. The average molecular weight is 246 g/mol. The maximum absolute atomic E-state index is 3.75. The van der Waals surface area contributed by atoms with Gasteiger partial charge in [-0.1, -0.05) is 37.3 Å². The molecule has 1 fully saturated rings. The lowest BCUT2D eigenvalue weighted by Crippen LogP contribution is -2.36. The highest BCUT2D eigenvalue weighted by atomic mass is 15.1. The Morgan fingerprint density at radius 2 is 1.89 bits per heavy atom. The van der Waals surface area contributed by atoms with Crippen LogP contribution in [0.15, 0.2) is 30.3 Å². The lowest BCUT2D eigenvalue weighted by atomic mass is 9.96. The summed E-state index contributed by atoms with van der Waals surface area (Å²) in [5.74, 6) is 0.860. The highest BCUT2D eigenvalue weighted by Gasteiger charge is 2.17. The molecule has 1 aromatic carbocycles. The standard InChI is InChI=1S/C16H26N2/c1-3-16(15-7-5-4-6-8-15)17-13-14-9-11-18(2)12-10-14/h4-8,14,16-17H,3,9-13H2,1-2H3. The third-order valence-corrected chi connectivity index (χ3v) is 4.10. The fourth-order valence-corrected chi connectivity index (χ4v) is 2.76. The summed E-state index contributed by atoms with van der Waals surface area (Å²) < 4.78 is 0. The zero-order chi connectivity index (χ0) is 12.8. The Balaban J connectivity index is 1.81. The summed E-state index contributed by atoms with van der Waals surface area (Å²) in [6.07, 6.45) is 3.85. The van der Waals surface area contributed by atoms with E-state index in [1.54, 1.807) is 0 Å². The van der Waals surface area contributed by atoms with Crippen molar-refractivity contribution in [3.63, 3.8) is 0 Å². The molecule has 1 aliphatic rings. The van der Waals surface area contributed by atoms with Crippen LogP contribution in [0.5, 0.6) is 0 Å². The zero-order valence-electron chi connectivity index (χ0n) is 11.7. The van der Waals surface area contributed by atoms with Gasteiger partial charge in [0.25, 0.3) is 0 Å². The molecular formula is C16H26N2. The topological polar surface area (TPSA) is 15.3 Å². The van der Waals surface area contributed by atoms with E-state index < -0.39 is 0 Å². The van der Waals surface area contributed by atoms with Crippen LogP contribution in [0.1, 0.15) is 37.8 Å². The first-order chi connectivity index (χ1) is 8.79. The third kappa shape index (κ3) is 3.82. The summed E-state index contributed by atoms with van der Waals surface area (Å²) in [6.45, 7) is 5.95. The molecule has 100 valence electrons. The van der Waals surface area contributed by atoms with E-state index in [1.165, 1.54) is 38.0 Å². The minimum atomic E-state index is 0.519. The van der Waals surface area contributed by atoms with Crippen LogP contribution < -0.4 is 5.32 Å². The number of likely N-dealkylation sites (tertiary alicyclic amines) is 1. The van der Waals surface area contributed by atoms with Crippen LogP contribution in [0, 0.1) is 5.92 Å². The fraction of sp³-hybridized carbons (Fsp3) is 0.625. The van der Waals surface area contributed by atoms with Crippen LogP contribution in [-0.2, 0) is 0 Å². The third-order valence-electron chi connectivity index (χ3n) is 4.10. The van der Waals surface area contributed by atoms with E-state index in [-0.39, 0.29) is 0 Å². The van der Waals surface area contributed by atoms with E-state index in [2.05, 4.69) is 54.5 Å². The van der Waals surface area contributed by atoms with Crippen LogP contribution in [0.2, 0.25) is 0 Å². The van der Waals surface area contributed by atoms with Crippen molar-refractivity contribution < 1.29 is 0 Å². The molecule has 1 aromatic rings. The van der Waals surface area contributed by atoms with Gasteiger partial charge in [-0.25, -0.2) is 0 Å². The number of hydrogen-bond donors (Lipinski definition) is 1. The van der Waals surface area contributed by atoms with Gasteiger partial charge in [0.1, 0.15) is 0 Å². The number of nitrogens with zero attached hydrogens (tertiary/aromatic N) is 1. The molecule has 0 radical (unpaired) electrons. The Kier molecular flexibility index (Phi) is 5.21.